The van der Waals surface area contributed by atoms with Crippen LogP contribution < -0.4 is 10.6 Å². The Hall–Kier alpha value is -3.20. The Kier molecular flexibility index (Phi) is 8.15. The number of anilines is 2. The van der Waals surface area contributed by atoms with Crippen molar-refractivity contribution in [1.29, 1.82) is 5.26 Å². The van der Waals surface area contributed by atoms with E-state index in [0.717, 1.165) is 12.1 Å². The molecule has 6 N–H and O–H groups in total. The van der Waals surface area contributed by atoms with E-state index in [1.165, 1.54) is 6.07 Å². The van der Waals surface area contributed by atoms with Crippen LogP contribution >= 0.6 is 0 Å². The maximum atomic E-state index is 11.6. The number of benzene rings is 1. The zero-order valence-corrected chi connectivity index (χ0v) is 17.8. The molecule has 0 amide bonds. The maximum absolute atomic E-state index is 11.6. The van der Waals surface area contributed by atoms with Crippen molar-refractivity contribution in [3.63, 3.8) is 0 Å². The van der Waals surface area contributed by atoms with Crippen molar-refractivity contribution in [2.45, 2.75) is 9.79 Å². The lowest BCUT2D eigenvalue weighted by atomic mass is 10.2. The highest BCUT2D eigenvalue weighted by molar-refractivity contribution is 7.86. The molecule has 2 aromatic rings. The summed E-state index contributed by atoms with van der Waals surface area (Å²) in [5.41, 5.74) is -0.719. The van der Waals surface area contributed by atoms with E-state index in [-0.39, 0.29) is 49.2 Å². The molecule has 0 aliphatic heterocycles. The molecule has 32 heavy (non-hydrogen) atoms. The third kappa shape index (κ3) is 6.40. The lowest BCUT2D eigenvalue weighted by Crippen LogP contribution is -2.12. The van der Waals surface area contributed by atoms with E-state index in [1.54, 1.807) is 0 Å². The van der Waals surface area contributed by atoms with Crippen molar-refractivity contribution in [2.75, 3.05) is 36.9 Å². The highest BCUT2D eigenvalue weighted by atomic mass is 32.2. The van der Waals surface area contributed by atoms with Gasteiger partial charge in [-0.25, -0.2) is 4.98 Å². The van der Waals surface area contributed by atoms with Gasteiger partial charge in [0.25, 0.3) is 20.2 Å². The van der Waals surface area contributed by atoms with E-state index >= 15 is 0 Å². The van der Waals surface area contributed by atoms with E-state index in [9.17, 15) is 31.2 Å². The minimum atomic E-state index is -4.83. The average molecular weight is 486 g/mol. The van der Waals surface area contributed by atoms with Gasteiger partial charge in [-0.3, -0.25) is 9.11 Å². The van der Waals surface area contributed by atoms with Gasteiger partial charge >= 0.3 is 0 Å². The summed E-state index contributed by atoms with van der Waals surface area (Å²) in [5.74, 6) is 0.106. The number of aliphatic hydroxyl groups is 2. The van der Waals surface area contributed by atoms with Gasteiger partial charge in [-0.2, -0.15) is 22.1 Å². The Labute approximate surface area is 182 Å². The number of nitriles is 1. The van der Waals surface area contributed by atoms with Crippen LogP contribution in [-0.2, 0) is 20.2 Å². The minimum absolute atomic E-state index is 0.0105. The monoisotopic (exact) mass is 486 g/mol. The SMILES string of the molecule is N#Cc1cc(/N=N/c2cc(S(=O)(=O)O)ccc2S(=O)(=O)O)c(NCCO)nc1NCCO. The average Bonchev–Trinajstić information content (AvgIpc) is 2.73. The van der Waals surface area contributed by atoms with Crippen LogP contribution in [0.4, 0.5) is 23.0 Å². The number of nitrogens with one attached hydrogen (secondary N) is 2. The number of nitrogens with zero attached hydrogens (tertiary/aromatic N) is 4. The molecule has 16 heteroatoms. The van der Waals surface area contributed by atoms with Gasteiger partial charge in [0.1, 0.15) is 28.2 Å². The molecule has 2 rings (SSSR count). The highest BCUT2D eigenvalue weighted by Crippen LogP contribution is 2.33. The van der Waals surface area contributed by atoms with Crippen molar-refractivity contribution >= 4 is 43.2 Å². The van der Waals surface area contributed by atoms with Gasteiger partial charge in [-0.05, 0) is 24.3 Å². The van der Waals surface area contributed by atoms with Gasteiger partial charge in [0.2, 0.25) is 0 Å². The summed E-state index contributed by atoms with van der Waals surface area (Å²) >= 11 is 0. The third-order valence-electron chi connectivity index (χ3n) is 3.70. The molecule has 0 spiro atoms. The molecule has 1 aromatic heterocycles. The number of hydrogen-bond donors (Lipinski definition) is 6. The Morgan fingerprint density at radius 3 is 2.03 bits per heavy atom. The van der Waals surface area contributed by atoms with Crippen LogP contribution in [0, 0.1) is 11.3 Å². The van der Waals surface area contributed by atoms with Gasteiger partial charge in [-0.15, -0.1) is 10.2 Å². The predicted octanol–water partition coefficient (Wildman–Crippen LogP) is 0.670. The van der Waals surface area contributed by atoms with Gasteiger partial charge in [0.15, 0.2) is 5.82 Å². The van der Waals surface area contributed by atoms with Crippen molar-refractivity contribution in [3.05, 3.63) is 29.8 Å². The smallest absolute Gasteiger partial charge is 0.296 e. The Morgan fingerprint density at radius 2 is 1.50 bits per heavy atom. The molecule has 1 aromatic carbocycles. The third-order valence-corrected chi connectivity index (χ3v) is 5.45. The summed E-state index contributed by atoms with van der Waals surface area (Å²) in [6.45, 7) is -0.422. The van der Waals surface area contributed by atoms with Gasteiger partial charge in [0, 0.05) is 13.1 Å². The first-order chi connectivity index (χ1) is 15.0. The quantitative estimate of drug-likeness (QED) is 0.201. The van der Waals surface area contributed by atoms with Crippen LogP contribution in [0.2, 0.25) is 0 Å². The Morgan fingerprint density at radius 1 is 0.906 bits per heavy atom. The number of aromatic nitrogens is 1. The van der Waals surface area contributed by atoms with Crippen LogP contribution in [0.5, 0.6) is 0 Å². The molecule has 0 aliphatic rings. The zero-order valence-electron chi connectivity index (χ0n) is 16.2. The first kappa shape index (κ1) is 25.1. The van der Waals surface area contributed by atoms with E-state index in [4.69, 9.17) is 10.2 Å². The standard InChI is InChI=1S/C16H18N6O8S2/c17-9-10-7-13(16(19-4-6-24)20-15(10)18-3-5-23)22-21-12-8-11(31(25,26)27)1-2-14(12)32(28,29)30/h1-2,7-8,23-24H,3-6H2,(H2,18,19,20)(H,25,26,27)(H,28,29,30)/b22-21+. The Bertz CT molecular complexity index is 1270. The van der Waals surface area contributed by atoms with Gasteiger partial charge in [0.05, 0.1) is 23.7 Å². The second kappa shape index (κ2) is 10.4. The highest BCUT2D eigenvalue weighted by Gasteiger charge is 2.20. The summed E-state index contributed by atoms with van der Waals surface area (Å²) in [6.07, 6.45) is 0. The molecule has 14 nitrogen and oxygen atoms in total. The molecule has 0 bridgehead atoms. The fraction of sp³-hybridized carbons (Fsp3) is 0.250. The normalized spacial score (nSPS) is 12.0. The number of rotatable bonds is 10. The lowest BCUT2D eigenvalue weighted by Gasteiger charge is -2.12. The number of azo groups is 1. The molecule has 0 radical (unpaired) electrons. The predicted molar refractivity (Wildman–Crippen MR) is 110 cm³/mol. The van der Waals surface area contributed by atoms with Crippen molar-refractivity contribution < 1.29 is 36.2 Å². The fourth-order valence-electron chi connectivity index (χ4n) is 2.34. The summed E-state index contributed by atoms with van der Waals surface area (Å²) < 4.78 is 64.5. The van der Waals surface area contributed by atoms with Crippen LogP contribution in [-0.4, -0.2) is 67.4 Å². The van der Waals surface area contributed by atoms with Crippen LogP contribution in [0.25, 0.3) is 0 Å². The topological polar surface area (TPSA) is 235 Å². The Balaban J connectivity index is 2.64. The lowest BCUT2D eigenvalue weighted by molar-refractivity contribution is 0.311. The number of aliphatic hydroxyl groups excluding tert-OH is 2. The molecule has 0 unspecified atom stereocenters. The molecular formula is C16H18N6O8S2. The maximum Gasteiger partial charge on any atom is 0.296 e. The van der Waals surface area contributed by atoms with E-state index in [0.29, 0.717) is 6.07 Å². The molecule has 0 aliphatic carbocycles. The first-order valence-corrected chi connectivity index (χ1v) is 11.5. The molecule has 0 saturated carbocycles. The van der Waals surface area contributed by atoms with Crippen molar-refractivity contribution in [1.82, 2.24) is 4.98 Å². The van der Waals surface area contributed by atoms with Gasteiger partial charge < -0.3 is 20.8 Å². The van der Waals surface area contributed by atoms with E-state index < -0.39 is 35.7 Å². The minimum Gasteiger partial charge on any atom is -0.395 e. The molecular weight excluding hydrogens is 468 g/mol. The fourth-order valence-corrected chi connectivity index (χ4v) is 3.44. The molecule has 0 saturated heterocycles. The first-order valence-electron chi connectivity index (χ1n) is 8.66. The largest absolute Gasteiger partial charge is 0.395 e. The summed E-state index contributed by atoms with van der Waals surface area (Å²) in [4.78, 5) is 2.65. The zero-order chi connectivity index (χ0) is 23.9. The van der Waals surface area contributed by atoms with Crippen LogP contribution in [0.3, 0.4) is 0 Å². The number of hydrogen-bond acceptors (Lipinski definition) is 12. The van der Waals surface area contributed by atoms with Crippen molar-refractivity contribution in [3.8, 4) is 6.07 Å². The molecule has 1 heterocycles. The summed E-state index contributed by atoms with van der Waals surface area (Å²) in [7, 11) is -9.55. The summed E-state index contributed by atoms with van der Waals surface area (Å²) in [6, 6.07) is 5.23. The molecule has 0 atom stereocenters. The second-order valence-corrected chi connectivity index (χ2v) is 8.76. The second-order valence-electron chi connectivity index (χ2n) is 5.94. The van der Waals surface area contributed by atoms with Crippen molar-refractivity contribution in [2.24, 2.45) is 10.2 Å². The number of pyridine rings is 1. The van der Waals surface area contributed by atoms with Crippen LogP contribution in [0.1, 0.15) is 5.56 Å². The molecule has 172 valence electrons. The molecule has 0 fully saturated rings. The summed E-state index contributed by atoms with van der Waals surface area (Å²) in [5, 5.41) is 40.2. The van der Waals surface area contributed by atoms with E-state index in [2.05, 4.69) is 25.8 Å². The van der Waals surface area contributed by atoms with Crippen LogP contribution in [0.15, 0.2) is 44.3 Å². The van der Waals surface area contributed by atoms with Gasteiger partial charge in [-0.1, -0.05) is 0 Å². The van der Waals surface area contributed by atoms with E-state index in [1.807, 2.05) is 6.07 Å².